The van der Waals surface area contributed by atoms with E-state index in [1.807, 2.05) is 13.0 Å². The Morgan fingerprint density at radius 3 is 1.70 bits per heavy atom. The minimum Gasteiger partial charge on any atom is -0.462 e. The maximum Gasteiger partial charge on any atom is 0.311 e. The molecule has 0 aliphatic carbocycles. The summed E-state index contributed by atoms with van der Waals surface area (Å²) >= 11 is 3.85. The third-order valence-electron chi connectivity index (χ3n) is 9.05. The number of halogens is 1. The van der Waals surface area contributed by atoms with E-state index in [-0.39, 0.29) is 24.9 Å². The van der Waals surface area contributed by atoms with Gasteiger partial charge in [-0.1, -0.05) is 27.7 Å². The van der Waals surface area contributed by atoms with Gasteiger partial charge < -0.3 is 28.2 Å². The Labute approximate surface area is 300 Å². The smallest absolute Gasteiger partial charge is 0.311 e. The number of carbonyl (C=O) groups is 3. The summed E-state index contributed by atoms with van der Waals surface area (Å²) in [5.41, 5.74) is -2.37. The third-order valence-corrected chi connectivity index (χ3v) is 11.4. The Bertz CT molecular complexity index is 1230. The fourth-order valence-corrected chi connectivity index (χ4v) is 8.28. The molecule has 1 aromatic rings. The zero-order valence-corrected chi connectivity index (χ0v) is 34.3. The number of carbonyl (C=O) groups excluding carboxylic acids is 3. The molecule has 0 aromatic carbocycles. The van der Waals surface area contributed by atoms with Crippen LogP contribution < -0.4 is 0 Å². The van der Waals surface area contributed by atoms with Crippen LogP contribution in [0.15, 0.2) is 12.1 Å². The average Bonchev–Trinajstić information content (AvgIpc) is 3.45. The lowest BCUT2D eigenvalue weighted by atomic mass is 9.80. The quantitative estimate of drug-likeness (QED) is 0.105. The van der Waals surface area contributed by atoms with Crippen molar-refractivity contribution in [3.63, 3.8) is 0 Å². The molecule has 2 saturated heterocycles. The normalized spacial score (nSPS) is 32.3. The van der Waals surface area contributed by atoms with Crippen LogP contribution in [0.4, 0.5) is 0 Å². The molecule has 0 radical (unpaired) electrons. The van der Waals surface area contributed by atoms with Crippen molar-refractivity contribution in [3.8, 4) is 0 Å². The predicted molar refractivity (Wildman–Crippen MR) is 194 cm³/mol. The highest BCUT2D eigenvalue weighted by Gasteiger charge is 2.51. The molecule has 0 amide bonds. The van der Waals surface area contributed by atoms with Gasteiger partial charge in [0.1, 0.15) is 24.9 Å². The van der Waals surface area contributed by atoms with E-state index in [0.29, 0.717) is 18.3 Å². The van der Waals surface area contributed by atoms with Gasteiger partial charge in [0.05, 0.1) is 41.0 Å². The Morgan fingerprint density at radius 2 is 1.21 bits per heavy atom. The highest BCUT2D eigenvalue weighted by molar-refractivity contribution is 14.2. The first-order valence-corrected chi connectivity index (χ1v) is 21.5. The summed E-state index contributed by atoms with van der Waals surface area (Å²) in [5, 5.41) is 0. The van der Waals surface area contributed by atoms with Crippen molar-refractivity contribution >= 4 is 57.7 Å². The molecule has 0 N–H and O–H groups in total. The van der Waals surface area contributed by atoms with E-state index in [0.717, 1.165) is 16.2 Å². The molecule has 0 saturated carbocycles. The van der Waals surface area contributed by atoms with Crippen LogP contribution in [-0.2, 0) is 42.6 Å². The first-order valence-electron chi connectivity index (χ1n) is 16.6. The molecule has 12 heteroatoms. The van der Waals surface area contributed by atoms with Crippen molar-refractivity contribution in [2.45, 2.75) is 139 Å². The van der Waals surface area contributed by atoms with Gasteiger partial charge in [-0.25, -0.2) is 0 Å². The lowest BCUT2D eigenvalue weighted by molar-refractivity contribution is -0.239. The monoisotopic (exact) mass is 810 g/mol. The fraction of sp³-hybridized carbons (Fsp3) is 0.800. The molecule has 1 unspecified atom stereocenters. The van der Waals surface area contributed by atoms with E-state index in [1.165, 1.54) is 0 Å². The Balaban J connectivity index is 2.05. The van der Waals surface area contributed by atoms with E-state index < -0.39 is 64.5 Å². The molecule has 9 nitrogen and oxygen atoms in total. The molecule has 2 fully saturated rings. The molecule has 11 atom stereocenters. The molecule has 0 spiro atoms. The maximum absolute atomic E-state index is 13.4. The van der Waals surface area contributed by atoms with E-state index in [4.69, 9.17) is 28.2 Å². The Morgan fingerprint density at radius 1 is 0.723 bits per heavy atom. The summed E-state index contributed by atoms with van der Waals surface area (Å²) in [6.07, 6.45) is -2.58. The van der Waals surface area contributed by atoms with Gasteiger partial charge >= 0.3 is 17.9 Å². The van der Waals surface area contributed by atoms with E-state index in [9.17, 15) is 14.4 Å². The number of hydrogen-bond acceptors (Lipinski definition) is 10. The second-order valence-electron chi connectivity index (χ2n) is 16.2. The van der Waals surface area contributed by atoms with E-state index >= 15 is 0 Å². The van der Waals surface area contributed by atoms with Crippen LogP contribution in [0, 0.1) is 34.0 Å². The van der Waals surface area contributed by atoms with Crippen LogP contribution in [0.2, 0.25) is 0 Å². The van der Waals surface area contributed by atoms with Crippen molar-refractivity contribution in [1.29, 1.82) is 0 Å². The number of thiophene rings is 1. The van der Waals surface area contributed by atoms with Gasteiger partial charge in [-0.05, 0) is 115 Å². The van der Waals surface area contributed by atoms with Gasteiger partial charge in [0.2, 0.25) is 0 Å². The van der Waals surface area contributed by atoms with Crippen LogP contribution in [0.1, 0.15) is 118 Å². The summed E-state index contributed by atoms with van der Waals surface area (Å²) in [4.78, 5) is 41.5. The number of esters is 3. The third kappa shape index (κ3) is 9.90. The summed E-state index contributed by atoms with van der Waals surface area (Å²) in [6.45, 7) is 24.6. The molecule has 0 bridgehead atoms. The molecule has 2 aliphatic rings. The Hall–Kier alpha value is -0.850. The van der Waals surface area contributed by atoms with Crippen molar-refractivity contribution in [3.05, 3.63) is 21.9 Å². The predicted octanol–water partition coefficient (Wildman–Crippen LogP) is 8.78. The first kappa shape index (κ1) is 40.6. The van der Waals surface area contributed by atoms with Crippen LogP contribution in [0.25, 0.3) is 0 Å². The second-order valence-corrected chi connectivity index (χ2v) is 19.0. The molecule has 3 heterocycles. The van der Waals surface area contributed by atoms with Gasteiger partial charge in [0.25, 0.3) is 0 Å². The molecular formula is C35H56IO9PS. The largest absolute Gasteiger partial charge is 0.462 e. The van der Waals surface area contributed by atoms with Crippen LogP contribution in [0.3, 0.4) is 0 Å². The Kier molecular flexibility index (Phi) is 13.8. The van der Waals surface area contributed by atoms with Crippen LogP contribution in [-0.4, -0.2) is 55.0 Å². The summed E-state index contributed by atoms with van der Waals surface area (Å²) in [6, 6.07) is 4.10. The number of rotatable bonds is 9. The van der Waals surface area contributed by atoms with Gasteiger partial charge in [0.15, 0.2) is 6.10 Å². The van der Waals surface area contributed by atoms with Crippen molar-refractivity contribution in [2.75, 3.05) is 6.61 Å². The van der Waals surface area contributed by atoms with E-state index in [1.54, 1.807) is 73.7 Å². The summed E-state index contributed by atoms with van der Waals surface area (Å²) < 4.78 is 37.7. The topological polar surface area (TPSA) is 107 Å². The van der Waals surface area contributed by atoms with E-state index in [2.05, 4.69) is 48.9 Å². The number of hydrogen-bond donors (Lipinski definition) is 0. The summed E-state index contributed by atoms with van der Waals surface area (Å²) in [7, 11) is 0. The molecule has 1 aromatic heterocycles. The van der Waals surface area contributed by atoms with Gasteiger partial charge in [-0.3, -0.25) is 14.4 Å². The van der Waals surface area contributed by atoms with Crippen molar-refractivity contribution < 1.29 is 42.6 Å². The zero-order valence-electron chi connectivity index (χ0n) is 30.3. The highest BCUT2D eigenvalue weighted by Crippen LogP contribution is 2.49. The fourth-order valence-electron chi connectivity index (χ4n) is 5.72. The zero-order chi connectivity index (χ0) is 35.6. The second kappa shape index (κ2) is 16.0. The van der Waals surface area contributed by atoms with Gasteiger partial charge in [-0.2, -0.15) is 0 Å². The first-order chi connectivity index (χ1) is 21.6. The van der Waals surface area contributed by atoms with Crippen LogP contribution >= 0.6 is 39.8 Å². The lowest BCUT2D eigenvalue weighted by Crippen LogP contribution is -2.57. The minimum atomic E-state index is -0.997. The molecular weight excluding hydrogens is 754 g/mol. The van der Waals surface area contributed by atoms with Gasteiger partial charge in [-0.15, -0.1) is 11.3 Å². The molecule has 3 rings (SSSR count). The minimum absolute atomic E-state index is 0.0922. The summed E-state index contributed by atoms with van der Waals surface area (Å²) in [5.74, 6) is -1.05. The number of ether oxygens (including phenoxy) is 5. The van der Waals surface area contributed by atoms with Crippen molar-refractivity contribution in [2.24, 2.45) is 34.0 Å². The maximum atomic E-state index is 13.4. The van der Waals surface area contributed by atoms with Crippen LogP contribution in [0.5, 0.6) is 0 Å². The van der Waals surface area contributed by atoms with Gasteiger partial charge in [0, 0.05) is 15.7 Å². The van der Waals surface area contributed by atoms with Crippen molar-refractivity contribution in [1.82, 2.24) is 0 Å². The molecule has 2 aliphatic heterocycles. The SMILES string of the molecule is CC[C@H]1O[C@H](c2ccc([C@H]3O[C@H](COC(=O)C(C)(C)C)[C@@H](OC(=O)C(C)(C)C)[C@H](OC(=O)C(C)(C)C)[C@@H]3C)s2)[C@@H](OPI)[C@@H](C)[C@@H]1C. The molecule has 268 valence electrons. The lowest BCUT2D eigenvalue weighted by Gasteiger charge is -2.45. The molecule has 47 heavy (non-hydrogen) atoms. The average molecular weight is 811 g/mol. The standard InChI is InChI=1S/C35H56IO9PS/c1-14-21-18(2)19(3)27(45-46-36)29(41-21)24-16-15-23(47-24)25-20(4)26(43-31(38)34(8,9)10)28(44-32(39)35(11,12)13)22(42-25)17-40-30(37)33(5,6)7/h15-16,18-22,25-29,46H,14,17H2,1-13H3/t18-,19-,20+,21+,22+,25-,26+,27-,28+,29+/m0/s1. The highest BCUT2D eigenvalue weighted by atomic mass is 127.